The minimum absolute atomic E-state index is 0.00555. The number of halogens is 6. The maximum Gasteiger partial charge on any atom is 0.285 e. The third-order valence-corrected chi connectivity index (χ3v) is 13.4. The van der Waals surface area contributed by atoms with Crippen molar-refractivity contribution in [1.29, 1.82) is 0 Å². The monoisotopic (exact) mass is 845 g/mol. The number of rotatable bonds is 6. The predicted octanol–water partition coefficient (Wildman–Crippen LogP) is 11.3. The summed E-state index contributed by atoms with van der Waals surface area (Å²) in [6.07, 6.45) is 5.23. The van der Waals surface area contributed by atoms with E-state index in [1.54, 1.807) is 71.6 Å². The molecule has 0 atom stereocenters. The van der Waals surface area contributed by atoms with Gasteiger partial charge >= 0.3 is 0 Å². The van der Waals surface area contributed by atoms with Crippen molar-refractivity contribution in [3.63, 3.8) is 0 Å². The first kappa shape index (κ1) is 36.6. The van der Waals surface area contributed by atoms with E-state index in [1.807, 2.05) is 36.4 Å². The van der Waals surface area contributed by atoms with Crippen LogP contribution in [0, 0.1) is 0 Å². The van der Waals surface area contributed by atoms with Gasteiger partial charge in [-0.1, -0.05) is 155 Å². The van der Waals surface area contributed by atoms with Crippen molar-refractivity contribution in [2.24, 2.45) is 4.40 Å². The molecular weight excluding hydrogens is 827 g/mol. The van der Waals surface area contributed by atoms with Crippen LogP contribution in [-0.4, -0.2) is 27.0 Å². The Kier molecular flexibility index (Phi) is 10.0. The molecular formula is C37H21Cl6N3O4S2. The standard InChI is InChI=1S/C37H21Cl6N3O4S2/c38-25-18-29(42)33(20-27(25)40)51(47,48)44-37-36(24-12-5-2-6-13-24)32-16-15-23-11-7-8-14-31(23)45(32)35(17-22-9-3-1-4-10-22)46(37)52(49,50)34-21-28(41)26(39)19-30(34)43/h1-21H/b35-17+,44-37+. The Labute approximate surface area is 330 Å². The molecule has 5 aromatic carbocycles. The first-order valence-corrected chi connectivity index (χ1v) is 20.3. The SMILES string of the molecule is O=S(=O)(/N=C1\C(c2ccccc2)=C2C=Cc3ccccc3N2/C(=C\c2ccccc2)N1S(=O)(=O)c1cc(Cl)c(Cl)cc1Cl)c1cc(Cl)c(Cl)cc1Cl. The molecule has 0 fully saturated rings. The number of sulfonamides is 2. The van der Waals surface area contributed by atoms with E-state index >= 15 is 8.42 Å². The smallest absolute Gasteiger partial charge is 0.285 e. The Balaban J connectivity index is 1.67. The maximum absolute atomic E-state index is 15.3. The fraction of sp³-hybridized carbons (Fsp3) is 0. The zero-order valence-electron chi connectivity index (χ0n) is 26.2. The van der Waals surface area contributed by atoms with E-state index in [1.165, 1.54) is 12.1 Å². The molecule has 0 radical (unpaired) electrons. The van der Waals surface area contributed by atoms with Gasteiger partial charge in [-0.25, -0.2) is 8.42 Å². The number of fused-ring (bicyclic) bond motifs is 3. The van der Waals surface area contributed by atoms with Crippen molar-refractivity contribution >= 4 is 119 Å². The summed E-state index contributed by atoms with van der Waals surface area (Å²) >= 11 is 38.0. The van der Waals surface area contributed by atoms with Gasteiger partial charge in [0.05, 0.1) is 47.1 Å². The van der Waals surface area contributed by atoms with Crippen LogP contribution in [0.1, 0.15) is 16.7 Å². The summed E-state index contributed by atoms with van der Waals surface area (Å²) in [5.41, 5.74) is 2.97. The molecule has 0 aliphatic carbocycles. The number of anilines is 1. The molecule has 2 aliphatic heterocycles. The van der Waals surface area contributed by atoms with Gasteiger partial charge in [0, 0.05) is 0 Å². The Morgan fingerprint density at radius 1 is 0.577 bits per heavy atom. The van der Waals surface area contributed by atoms with Gasteiger partial charge in [-0.2, -0.15) is 12.7 Å². The van der Waals surface area contributed by atoms with Gasteiger partial charge in [-0.3, -0.25) is 4.90 Å². The molecule has 7 rings (SSSR count). The fourth-order valence-electron chi connectivity index (χ4n) is 5.75. The summed E-state index contributed by atoms with van der Waals surface area (Å²) < 4.78 is 64.6. The number of nitrogens with zero attached hydrogens (tertiary/aromatic N) is 3. The van der Waals surface area contributed by atoms with Crippen molar-refractivity contribution in [2.75, 3.05) is 4.90 Å². The molecule has 5 aromatic rings. The van der Waals surface area contributed by atoms with Crippen LogP contribution in [0.4, 0.5) is 5.69 Å². The summed E-state index contributed by atoms with van der Waals surface area (Å²) in [7, 11) is -9.75. The van der Waals surface area contributed by atoms with Crippen LogP contribution in [0.3, 0.4) is 0 Å². The Bertz CT molecular complexity index is 2630. The second-order valence-corrected chi connectivity index (χ2v) is 17.1. The summed E-state index contributed by atoms with van der Waals surface area (Å²) in [5.74, 6) is -0.498. The van der Waals surface area contributed by atoms with Gasteiger partial charge in [-0.05, 0) is 59.2 Å². The Hall–Kier alpha value is -3.77. The average molecular weight is 848 g/mol. The van der Waals surface area contributed by atoms with Gasteiger partial charge in [0.25, 0.3) is 20.0 Å². The lowest BCUT2D eigenvalue weighted by Gasteiger charge is -2.43. The van der Waals surface area contributed by atoms with Crippen molar-refractivity contribution in [2.45, 2.75) is 9.79 Å². The minimum atomic E-state index is -4.91. The zero-order chi connectivity index (χ0) is 36.9. The molecule has 0 N–H and O–H groups in total. The maximum atomic E-state index is 15.3. The first-order valence-electron chi connectivity index (χ1n) is 15.1. The van der Waals surface area contributed by atoms with Crippen LogP contribution in [0.2, 0.25) is 30.1 Å². The highest BCUT2D eigenvalue weighted by atomic mass is 35.5. The van der Waals surface area contributed by atoms with Crippen molar-refractivity contribution in [3.8, 4) is 0 Å². The third-order valence-electron chi connectivity index (χ3n) is 8.06. The van der Waals surface area contributed by atoms with Gasteiger partial charge in [0.15, 0.2) is 5.84 Å². The second kappa shape index (κ2) is 14.2. The van der Waals surface area contributed by atoms with Gasteiger partial charge in [0.2, 0.25) is 0 Å². The van der Waals surface area contributed by atoms with E-state index in [4.69, 9.17) is 69.6 Å². The van der Waals surface area contributed by atoms with Crippen LogP contribution in [0.15, 0.2) is 141 Å². The van der Waals surface area contributed by atoms with Crippen molar-refractivity contribution in [3.05, 3.63) is 174 Å². The molecule has 0 aromatic heterocycles. The number of allylic oxidation sites excluding steroid dienone is 1. The van der Waals surface area contributed by atoms with Gasteiger partial charge < -0.3 is 0 Å². The fourth-order valence-corrected chi connectivity index (χ4v) is 10.2. The molecule has 0 saturated carbocycles. The Morgan fingerprint density at radius 3 is 1.77 bits per heavy atom. The molecule has 7 nitrogen and oxygen atoms in total. The molecule has 0 spiro atoms. The third kappa shape index (κ3) is 6.65. The Morgan fingerprint density at radius 2 is 1.12 bits per heavy atom. The van der Waals surface area contributed by atoms with Crippen molar-refractivity contribution < 1.29 is 16.8 Å². The zero-order valence-corrected chi connectivity index (χ0v) is 32.4. The molecule has 0 bridgehead atoms. The summed E-state index contributed by atoms with van der Waals surface area (Å²) in [6, 6.07) is 29.5. The van der Waals surface area contributed by atoms with Gasteiger partial charge in [-0.15, -0.1) is 4.40 Å². The summed E-state index contributed by atoms with van der Waals surface area (Å²) in [4.78, 5) is 0.765. The van der Waals surface area contributed by atoms with E-state index in [0.29, 0.717) is 22.5 Å². The molecule has 262 valence electrons. The topological polar surface area (TPSA) is 87.1 Å². The first-order chi connectivity index (χ1) is 24.8. The van der Waals surface area contributed by atoms with Crippen LogP contribution in [-0.2, 0) is 20.0 Å². The molecule has 0 amide bonds. The molecule has 15 heteroatoms. The highest BCUT2D eigenvalue weighted by Gasteiger charge is 2.45. The normalized spacial score (nSPS) is 16.0. The number of hydrogen-bond acceptors (Lipinski definition) is 5. The van der Waals surface area contributed by atoms with Gasteiger partial charge in [0.1, 0.15) is 15.6 Å². The summed E-state index contributed by atoms with van der Waals surface area (Å²) in [6.45, 7) is 0. The highest BCUT2D eigenvalue weighted by Crippen LogP contribution is 2.47. The molecule has 0 saturated heterocycles. The van der Waals surface area contributed by atoms with Crippen LogP contribution in [0.5, 0.6) is 0 Å². The lowest BCUT2D eigenvalue weighted by molar-refractivity contribution is 0.550. The number of benzene rings is 5. The minimum Gasteiger partial charge on any atom is -0.294 e. The molecule has 2 heterocycles. The molecule has 52 heavy (non-hydrogen) atoms. The average Bonchev–Trinajstić information content (AvgIpc) is 3.11. The molecule has 0 unspecified atom stereocenters. The van der Waals surface area contributed by atoms with E-state index in [0.717, 1.165) is 22.0 Å². The number of para-hydroxylation sites is 1. The lowest BCUT2D eigenvalue weighted by atomic mass is 9.95. The molecule has 2 aliphatic rings. The largest absolute Gasteiger partial charge is 0.294 e. The van der Waals surface area contributed by atoms with E-state index < -0.39 is 35.7 Å². The summed E-state index contributed by atoms with van der Waals surface area (Å²) in [5, 5.41) is -0.732. The van der Waals surface area contributed by atoms with Crippen LogP contribution in [0.25, 0.3) is 17.7 Å². The lowest BCUT2D eigenvalue weighted by Crippen LogP contribution is -2.48. The van der Waals surface area contributed by atoms with Crippen molar-refractivity contribution in [1.82, 2.24) is 4.31 Å². The van der Waals surface area contributed by atoms with Crippen LogP contribution >= 0.6 is 69.6 Å². The second-order valence-electron chi connectivity index (χ2n) is 11.3. The van der Waals surface area contributed by atoms with E-state index in [-0.39, 0.29) is 41.5 Å². The number of amidine groups is 1. The quantitative estimate of drug-likeness (QED) is 0.159. The number of hydrogen-bond donors (Lipinski definition) is 0. The van der Waals surface area contributed by atoms with E-state index in [2.05, 4.69) is 4.40 Å². The van der Waals surface area contributed by atoms with E-state index in [9.17, 15) is 8.42 Å². The van der Waals surface area contributed by atoms with Crippen LogP contribution < -0.4 is 4.90 Å². The predicted molar refractivity (Wildman–Crippen MR) is 212 cm³/mol. The highest BCUT2D eigenvalue weighted by molar-refractivity contribution is 7.91.